The van der Waals surface area contributed by atoms with Gasteiger partial charge in [0.2, 0.25) is 0 Å². The Kier molecular flexibility index (Phi) is 6.98. The van der Waals surface area contributed by atoms with Crippen molar-refractivity contribution in [2.24, 2.45) is 5.92 Å². The standard InChI is InChI=1S/C14H24N2O5/c1-3-7-16(9-12(17)21-4-2)14(20)15-11-6-5-10(8-11)13(18)19/h10-11H,3-9H2,1-2H3,(H,15,20)(H,18,19). The second kappa shape index (κ2) is 8.49. The van der Waals surface area contributed by atoms with Crippen molar-refractivity contribution in [1.82, 2.24) is 10.2 Å². The smallest absolute Gasteiger partial charge is 0.325 e. The van der Waals surface area contributed by atoms with Gasteiger partial charge in [0.1, 0.15) is 6.54 Å². The minimum atomic E-state index is -0.816. The Labute approximate surface area is 124 Å². The fourth-order valence-electron chi connectivity index (χ4n) is 2.49. The van der Waals surface area contributed by atoms with Crippen molar-refractivity contribution in [1.29, 1.82) is 0 Å². The molecular weight excluding hydrogens is 276 g/mol. The third-order valence-corrected chi connectivity index (χ3v) is 3.52. The van der Waals surface area contributed by atoms with Crippen LogP contribution < -0.4 is 5.32 Å². The van der Waals surface area contributed by atoms with E-state index < -0.39 is 11.9 Å². The summed E-state index contributed by atoms with van der Waals surface area (Å²) >= 11 is 0. The molecule has 0 aromatic heterocycles. The highest BCUT2D eigenvalue weighted by atomic mass is 16.5. The number of carbonyl (C=O) groups excluding carboxylic acids is 2. The molecule has 7 nitrogen and oxygen atoms in total. The molecule has 120 valence electrons. The summed E-state index contributed by atoms with van der Waals surface area (Å²) in [5, 5.41) is 11.8. The molecule has 0 bridgehead atoms. The first-order valence-electron chi connectivity index (χ1n) is 7.41. The first-order chi connectivity index (χ1) is 9.97. The summed E-state index contributed by atoms with van der Waals surface area (Å²) < 4.78 is 4.85. The molecule has 2 unspecified atom stereocenters. The van der Waals surface area contributed by atoms with Gasteiger partial charge in [0.05, 0.1) is 12.5 Å². The van der Waals surface area contributed by atoms with Crippen molar-refractivity contribution in [3.8, 4) is 0 Å². The van der Waals surface area contributed by atoms with Crippen LogP contribution in [0, 0.1) is 5.92 Å². The number of amides is 2. The number of carboxylic acids is 1. The number of carboxylic acid groups (broad SMARTS) is 1. The number of hydrogen-bond donors (Lipinski definition) is 2. The molecule has 1 aliphatic rings. The van der Waals surface area contributed by atoms with E-state index in [-0.39, 0.29) is 31.1 Å². The van der Waals surface area contributed by atoms with Gasteiger partial charge in [0, 0.05) is 12.6 Å². The van der Waals surface area contributed by atoms with Crippen LogP contribution in [0.4, 0.5) is 4.79 Å². The molecule has 2 N–H and O–H groups in total. The van der Waals surface area contributed by atoms with Crippen LogP contribution in [-0.2, 0) is 14.3 Å². The number of urea groups is 1. The molecule has 0 spiro atoms. The Bertz CT molecular complexity index is 386. The summed E-state index contributed by atoms with van der Waals surface area (Å²) in [7, 11) is 0. The molecule has 1 rings (SSSR count). The Morgan fingerprint density at radius 2 is 2.00 bits per heavy atom. The van der Waals surface area contributed by atoms with E-state index in [0.29, 0.717) is 25.8 Å². The van der Waals surface area contributed by atoms with Crippen molar-refractivity contribution in [3.05, 3.63) is 0 Å². The number of aliphatic carboxylic acids is 1. The van der Waals surface area contributed by atoms with Gasteiger partial charge in [0.15, 0.2) is 0 Å². The lowest BCUT2D eigenvalue weighted by Crippen LogP contribution is -2.46. The fourth-order valence-corrected chi connectivity index (χ4v) is 2.49. The number of esters is 1. The molecule has 2 atom stereocenters. The Morgan fingerprint density at radius 1 is 1.29 bits per heavy atom. The van der Waals surface area contributed by atoms with Crippen LogP contribution in [0.25, 0.3) is 0 Å². The highest BCUT2D eigenvalue weighted by Crippen LogP contribution is 2.25. The zero-order chi connectivity index (χ0) is 15.8. The monoisotopic (exact) mass is 300 g/mol. The summed E-state index contributed by atoms with van der Waals surface area (Å²) in [5.41, 5.74) is 0. The van der Waals surface area contributed by atoms with Crippen molar-refractivity contribution in [3.63, 3.8) is 0 Å². The lowest BCUT2D eigenvalue weighted by molar-refractivity contribution is -0.144. The number of hydrogen-bond acceptors (Lipinski definition) is 4. The van der Waals surface area contributed by atoms with E-state index >= 15 is 0 Å². The summed E-state index contributed by atoms with van der Waals surface area (Å²) in [6.45, 7) is 4.29. The van der Waals surface area contributed by atoms with Crippen molar-refractivity contribution in [2.45, 2.75) is 45.6 Å². The maximum atomic E-state index is 12.2. The fraction of sp³-hybridized carbons (Fsp3) is 0.786. The third-order valence-electron chi connectivity index (χ3n) is 3.52. The molecule has 0 aromatic rings. The molecule has 7 heteroatoms. The van der Waals surface area contributed by atoms with Crippen molar-refractivity contribution >= 4 is 18.0 Å². The van der Waals surface area contributed by atoms with Gasteiger partial charge in [-0.2, -0.15) is 0 Å². The van der Waals surface area contributed by atoms with E-state index in [4.69, 9.17) is 9.84 Å². The number of nitrogens with one attached hydrogen (secondary N) is 1. The van der Waals surface area contributed by atoms with E-state index in [1.807, 2.05) is 6.92 Å². The molecule has 1 fully saturated rings. The first kappa shape index (κ1) is 17.3. The van der Waals surface area contributed by atoms with Crippen molar-refractivity contribution in [2.75, 3.05) is 19.7 Å². The Balaban J connectivity index is 2.49. The predicted molar refractivity (Wildman–Crippen MR) is 75.8 cm³/mol. The second-order valence-corrected chi connectivity index (χ2v) is 5.22. The summed E-state index contributed by atoms with van der Waals surface area (Å²) in [6, 6.07) is -0.471. The van der Waals surface area contributed by atoms with E-state index in [1.54, 1.807) is 6.92 Å². The highest BCUT2D eigenvalue weighted by Gasteiger charge is 2.31. The van der Waals surface area contributed by atoms with Crippen LogP contribution in [0.1, 0.15) is 39.5 Å². The second-order valence-electron chi connectivity index (χ2n) is 5.22. The lowest BCUT2D eigenvalue weighted by atomic mass is 10.1. The van der Waals surface area contributed by atoms with Crippen molar-refractivity contribution < 1.29 is 24.2 Å². The van der Waals surface area contributed by atoms with Crippen LogP contribution in [0.5, 0.6) is 0 Å². The van der Waals surface area contributed by atoms with Gasteiger partial charge in [-0.05, 0) is 32.6 Å². The predicted octanol–water partition coefficient (Wildman–Crippen LogP) is 1.22. The molecule has 0 aromatic carbocycles. The summed E-state index contributed by atoms with van der Waals surface area (Å²) in [5.74, 6) is -1.64. The third kappa shape index (κ3) is 5.61. The molecule has 0 heterocycles. The number of rotatable bonds is 7. The van der Waals surface area contributed by atoms with Gasteiger partial charge in [-0.15, -0.1) is 0 Å². The van der Waals surface area contributed by atoms with Gasteiger partial charge < -0.3 is 20.1 Å². The van der Waals surface area contributed by atoms with Crippen LogP contribution >= 0.6 is 0 Å². The SMILES string of the molecule is CCCN(CC(=O)OCC)C(=O)NC1CCC(C(=O)O)C1. The number of ether oxygens (including phenoxy) is 1. The zero-order valence-electron chi connectivity index (χ0n) is 12.6. The van der Waals surface area contributed by atoms with Crippen LogP contribution in [0.2, 0.25) is 0 Å². The van der Waals surface area contributed by atoms with E-state index in [0.717, 1.165) is 6.42 Å². The number of carbonyl (C=O) groups is 3. The zero-order valence-corrected chi connectivity index (χ0v) is 12.6. The van der Waals surface area contributed by atoms with E-state index in [2.05, 4.69) is 5.32 Å². The van der Waals surface area contributed by atoms with Gasteiger partial charge in [-0.3, -0.25) is 9.59 Å². The van der Waals surface area contributed by atoms with E-state index in [1.165, 1.54) is 4.90 Å². The lowest BCUT2D eigenvalue weighted by Gasteiger charge is -2.23. The largest absolute Gasteiger partial charge is 0.481 e. The molecule has 0 radical (unpaired) electrons. The molecule has 1 saturated carbocycles. The molecule has 0 aliphatic heterocycles. The first-order valence-corrected chi connectivity index (χ1v) is 7.41. The van der Waals surface area contributed by atoms with Gasteiger partial charge in [-0.1, -0.05) is 6.92 Å². The quantitative estimate of drug-likeness (QED) is 0.689. The summed E-state index contributed by atoms with van der Waals surface area (Å²) in [6.07, 6.45) is 2.41. The normalized spacial score (nSPS) is 20.9. The molecule has 1 aliphatic carbocycles. The maximum absolute atomic E-state index is 12.2. The average molecular weight is 300 g/mol. The van der Waals surface area contributed by atoms with Gasteiger partial charge >= 0.3 is 18.0 Å². The molecule has 0 saturated heterocycles. The molecular formula is C14H24N2O5. The minimum absolute atomic E-state index is 0.0808. The Hall–Kier alpha value is -1.79. The minimum Gasteiger partial charge on any atom is -0.481 e. The van der Waals surface area contributed by atoms with Crippen LogP contribution in [0.3, 0.4) is 0 Å². The number of nitrogens with zero attached hydrogens (tertiary/aromatic N) is 1. The Morgan fingerprint density at radius 3 is 2.52 bits per heavy atom. The van der Waals surface area contributed by atoms with Crippen LogP contribution in [-0.4, -0.2) is 53.7 Å². The molecule has 21 heavy (non-hydrogen) atoms. The topological polar surface area (TPSA) is 95.9 Å². The van der Waals surface area contributed by atoms with Crippen LogP contribution in [0.15, 0.2) is 0 Å². The van der Waals surface area contributed by atoms with E-state index in [9.17, 15) is 14.4 Å². The van der Waals surface area contributed by atoms with Gasteiger partial charge in [0.25, 0.3) is 0 Å². The maximum Gasteiger partial charge on any atom is 0.325 e. The molecule has 2 amide bonds. The summed E-state index contributed by atoms with van der Waals surface area (Å²) in [4.78, 5) is 36.0. The van der Waals surface area contributed by atoms with Gasteiger partial charge in [-0.25, -0.2) is 4.79 Å². The highest BCUT2D eigenvalue weighted by molar-refractivity contribution is 5.81. The average Bonchev–Trinajstić information content (AvgIpc) is 2.87.